The van der Waals surface area contributed by atoms with Crippen LogP contribution in [-0.2, 0) is 0 Å². The van der Waals surface area contributed by atoms with Gasteiger partial charge in [-0.3, -0.25) is 4.79 Å². The van der Waals surface area contributed by atoms with Gasteiger partial charge in [0.05, 0.1) is 5.56 Å². The van der Waals surface area contributed by atoms with Crippen molar-refractivity contribution < 1.29 is 14.7 Å². The molecule has 2 aromatic rings. The maximum absolute atomic E-state index is 12.0. The first-order valence-corrected chi connectivity index (χ1v) is 6.54. The van der Waals surface area contributed by atoms with Crippen molar-refractivity contribution in [3.8, 4) is 0 Å². The third-order valence-electron chi connectivity index (χ3n) is 2.45. The molecule has 0 unspecified atom stereocenters. The summed E-state index contributed by atoms with van der Waals surface area (Å²) in [5, 5.41) is 11.6. The van der Waals surface area contributed by atoms with Crippen LogP contribution in [0.2, 0.25) is 0 Å². The van der Waals surface area contributed by atoms with E-state index in [9.17, 15) is 9.59 Å². The first-order valence-electron chi connectivity index (χ1n) is 5.46. The van der Waals surface area contributed by atoms with Crippen molar-refractivity contribution in [2.24, 2.45) is 0 Å². The number of hydrogen-bond donors (Lipinski definition) is 2. The lowest BCUT2D eigenvalue weighted by Crippen LogP contribution is -2.12. The Kier molecular flexibility index (Phi) is 4.16. The number of carbonyl (C=O) groups is 2. The number of benzene rings is 2. The number of carbonyl (C=O) groups excluding carboxylic acids is 1. The van der Waals surface area contributed by atoms with E-state index >= 15 is 0 Å². The monoisotopic (exact) mass is 367 g/mol. The van der Waals surface area contributed by atoms with Gasteiger partial charge < -0.3 is 10.4 Å². The molecule has 5 heteroatoms. The van der Waals surface area contributed by atoms with Gasteiger partial charge in [-0.25, -0.2) is 4.79 Å². The first kappa shape index (κ1) is 13.5. The standard InChI is InChI=1S/C14H10INO3/c15-11-5-1-3-9(7-11)13(17)16-12-6-2-4-10(8-12)14(18)19/h1-8H,(H,16,17)(H,18,19). The maximum Gasteiger partial charge on any atom is 0.335 e. The van der Waals surface area contributed by atoms with E-state index in [1.54, 1.807) is 30.3 Å². The number of carboxylic acid groups (broad SMARTS) is 1. The predicted octanol–water partition coefficient (Wildman–Crippen LogP) is 3.24. The summed E-state index contributed by atoms with van der Waals surface area (Å²) in [6, 6.07) is 13.3. The minimum absolute atomic E-state index is 0.139. The molecule has 0 saturated heterocycles. The number of halogens is 1. The molecule has 1 amide bonds. The van der Waals surface area contributed by atoms with Crippen molar-refractivity contribution in [2.45, 2.75) is 0 Å². The SMILES string of the molecule is O=C(O)c1cccc(NC(=O)c2cccc(I)c2)c1. The number of rotatable bonds is 3. The van der Waals surface area contributed by atoms with Crippen LogP contribution in [0.5, 0.6) is 0 Å². The normalized spacial score (nSPS) is 9.95. The van der Waals surface area contributed by atoms with Gasteiger partial charge in [0.1, 0.15) is 0 Å². The zero-order valence-electron chi connectivity index (χ0n) is 9.76. The molecule has 0 saturated carbocycles. The lowest BCUT2D eigenvalue weighted by atomic mass is 10.2. The molecule has 2 N–H and O–H groups in total. The summed E-state index contributed by atoms with van der Waals surface area (Å²) >= 11 is 2.13. The average Bonchev–Trinajstić information content (AvgIpc) is 2.39. The molecule has 0 fully saturated rings. The number of amides is 1. The van der Waals surface area contributed by atoms with Gasteiger partial charge in [0.2, 0.25) is 0 Å². The van der Waals surface area contributed by atoms with Crippen LogP contribution in [0.3, 0.4) is 0 Å². The largest absolute Gasteiger partial charge is 0.478 e. The van der Waals surface area contributed by atoms with Gasteiger partial charge in [-0.2, -0.15) is 0 Å². The molecule has 0 atom stereocenters. The van der Waals surface area contributed by atoms with Crippen LogP contribution in [0, 0.1) is 3.57 Å². The molecule has 0 radical (unpaired) electrons. The molecule has 0 aliphatic heterocycles. The molecule has 2 rings (SSSR count). The van der Waals surface area contributed by atoms with Crippen LogP contribution < -0.4 is 5.32 Å². The Balaban J connectivity index is 2.19. The van der Waals surface area contributed by atoms with E-state index in [4.69, 9.17) is 5.11 Å². The van der Waals surface area contributed by atoms with Crippen molar-refractivity contribution in [2.75, 3.05) is 5.32 Å². The fourth-order valence-electron chi connectivity index (χ4n) is 1.56. The smallest absolute Gasteiger partial charge is 0.335 e. The summed E-state index contributed by atoms with van der Waals surface area (Å²) in [5.74, 6) is -1.29. The molecule has 0 heterocycles. The summed E-state index contributed by atoms with van der Waals surface area (Å²) in [6.07, 6.45) is 0. The van der Waals surface area contributed by atoms with E-state index in [0.717, 1.165) is 3.57 Å². The van der Waals surface area contributed by atoms with Crippen LogP contribution in [0.1, 0.15) is 20.7 Å². The molecular formula is C14H10INO3. The van der Waals surface area contributed by atoms with Gasteiger partial charge in [0, 0.05) is 14.8 Å². The van der Waals surface area contributed by atoms with E-state index in [2.05, 4.69) is 27.9 Å². The topological polar surface area (TPSA) is 66.4 Å². The van der Waals surface area contributed by atoms with Crippen molar-refractivity contribution in [3.05, 3.63) is 63.2 Å². The molecule has 0 spiro atoms. The van der Waals surface area contributed by atoms with Crippen molar-refractivity contribution in [1.82, 2.24) is 0 Å². The fourth-order valence-corrected chi connectivity index (χ4v) is 2.11. The number of carboxylic acids is 1. The van der Waals surface area contributed by atoms with Gasteiger partial charge in [-0.1, -0.05) is 12.1 Å². The van der Waals surface area contributed by atoms with E-state index in [1.165, 1.54) is 12.1 Å². The highest BCUT2D eigenvalue weighted by molar-refractivity contribution is 14.1. The summed E-state index contributed by atoms with van der Waals surface area (Å²) < 4.78 is 0.963. The van der Waals surface area contributed by atoms with Crippen molar-refractivity contribution in [3.63, 3.8) is 0 Å². The predicted molar refractivity (Wildman–Crippen MR) is 80.5 cm³/mol. The minimum Gasteiger partial charge on any atom is -0.478 e. The second-order valence-electron chi connectivity index (χ2n) is 3.85. The zero-order chi connectivity index (χ0) is 13.8. The minimum atomic E-state index is -1.02. The van der Waals surface area contributed by atoms with Crippen LogP contribution in [0.4, 0.5) is 5.69 Å². The van der Waals surface area contributed by atoms with E-state index in [-0.39, 0.29) is 11.5 Å². The fraction of sp³-hybridized carbons (Fsp3) is 0. The summed E-state index contributed by atoms with van der Waals surface area (Å²) in [5.41, 5.74) is 1.14. The van der Waals surface area contributed by atoms with E-state index in [1.807, 2.05) is 6.07 Å². The van der Waals surface area contributed by atoms with Crippen LogP contribution in [0.25, 0.3) is 0 Å². The lowest BCUT2D eigenvalue weighted by molar-refractivity contribution is 0.0696. The quantitative estimate of drug-likeness (QED) is 0.819. The molecular weight excluding hydrogens is 357 g/mol. The van der Waals surface area contributed by atoms with Crippen molar-refractivity contribution in [1.29, 1.82) is 0 Å². The highest BCUT2D eigenvalue weighted by Gasteiger charge is 2.08. The molecule has 0 aliphatic carbocycles. The first-order chi connectivity index (χ1) is 9.06. The summed E-state index contributed by atoms with van der Waals surface area (Å²) in [4.78, 5) is 22.8. The van der Waals surface area contributed by atoms with Gasteiger partial charge in [-0.05, 0) is 59.0 Å². The number of anilines is 1. The maximum atomic E-state index is 12.0. The second kappa shape index (κ2) is 5.83. The Morgan fingerprint density at radius 3 is 2.37 bits per heavy atom. The van der Waals surface area contributed by atoms with Gasteiger partial charge in [0.25, 0.3) is 5.91 Å². The van der Waals surface area contributed by atoms with E-state index in [0.29, 0.717) is 11.3 Å². The molecule has 0 aromatic heterocycles. The molecule has 4 nitrogen and oxygen atoms in total. The second-order valence-corrected chi connectivity index (χ2v) is 5.10. The third-order valence-corrected chi connectivity index (χ3v) is 3.13. The number of hydrogen-bond acceptors (Lipinski definition) is 2. The van der Waals surface area contributed by atoms with Gasteiger partial charge in [-0.15, -0.1) is 0 Å². The highest BCUT2D eigenvalue weighted by Crippen LogP contribution is 2.13. The van der Waals surface area contributed by atoms with Gasteiger partial charge in [0.15, 0.2) is 0 Å². The number of nitrogens with one attached hydrogen (secondary N) is 1. The van der Waals surface area contributed by atoms with Crippen molar-refractivity contribution >= 4 is 40.2 Å². The Labute approximate surface area is 123 Å². The summed E-state index contributed by atoms with van der Waals surface area (Å²) in [7, 11) is 0. The highest BCUT2D eigenvalue weighted by atomic mass is 127. The third kappa shape index (κ3) is 3.54. The summed E-state index contributed by atoms with van der Waals surface area (Å²) in [6.45, 7) is 0. The Morgan fingerprint density at radius 2 is 1.68 bits per heavy atom. The molecule has 0 aliphatic rings. The van der Waals surface area contributed by atoms with Crippen LogP contribution >= 0.6 is 22.6 Å². The lowest BCUT2D eigenvalue weighted by Gasteiger charge is -2.06. The molecule has 19 heavy (non-hydrogen) atoms. The zero-order valence-corrected chi connectivity index (χ0v) is 11.9. The average molecular weight is 367 g/mol. The number of aromatic carboxylic acids is 1. The Morgan fingerprint density at radius 1 is 1.00 bits per heavy atom. The van der Waals surface area contributed by atoms with Gasteiger partial charge >= 0.3 is 5.97 Å². The van der Waals surface area contributed by atoms with Crippen LogP contribution in [0.15, 0.2) is 48.5 Å². The Hall–Kier alpha value is -1.89. The molecule has 96 valence electrons. The Bertz CT molecular complexity index is 640. The molecule has 2 aromatic carbocycles. The van der Waals surface area contributed by atoms with Crippen LogP contribution in [-0.4, -0.2) is 17.0 Å². The molecule has 0 bridgehead atoms. The van der Waals surface area contributed by atoms with E-state index < -0.39 is 5.97 Å².